The first-order valence-corrected chi connectivity index (χ1v) is 6.22. The van der Waals surface area contributed by atoms with Gasteiger partial charge in [-0.1, -0.05) is 15.9 Å². The van der Waals surface area contributed by atoms with E-state index in [4.69, 9.17) is 4.55 Å². The summed E-state index contributed by atoms with van der Waals surface area (Å²) in [5.74, 6) is 0. The molecule has 0 bridgehead atoms. The molecule has 0 fully saturated rings. The van der Waals surface area contributed by atoms with Crippen LogP contribution >= 0.6 is 15.9 Å². The highest BCUT2D eigenvalue weighted by molar-refractivity contribution is 9.09. The Morgan fingerprint density at radius 2 is 1.86 bits per heavy atom. The van der Waals surface area contributed by atoms with Crippen LogP contribution in [0.15, 0.2) is 24.3 Å². The number of alkyl halides is 1. The molecule has 0 radical (unpaired) electrons. The molecular weight excluding hydrogens is 268 g/mol. The minimum Gasteiger partial charge on any atom is -0.384 e. The average Bonchev–Trinajstić information content (AvgIpc) is 2.16. The first-order valence-electron chi connectivity index (χ1n) is 4.00. The van der Waals surface area contributed by atoms with Crippen LogP contribution < -0.4 is 10.0 Å². The van der Waals surface area contributed by atoms with E-state index >= 15 is 0 Å². The van der Waals surface area contributed by atoms with Crippen molar-refractivity contribution in [1.29, 1.82) is 0 Å². The zero-order chi connectivity index (χ0) is 10.4. The van der Waals surface area contributed by atoms with E-state index in [2.05, 4.69) is 26.0 Å². The van der Waals surface area contributed by atoms with Crippen LogP contribution in [0.3, 0.4) is 0 Å². The van der Waals surface area contributed by atoms with E-state index in [-0.39, 0.29) is 0 Å². The molecule has 0 aliphatic carbocycles. The molecule has 0 saturated carbocycles. The fourth-order valence-corrected chi connectivity index (χ4v) is 1.48. The second kappa shape index (κ2) is 6.00. The van der Waals surface area contributed by atoms with E-state index in [1.165, 1.54) is 0 Å². The molecule has 4 nitrogen and oxygen atoms in total. The highest BCUT2D eigenvalue weighted by Gasteiger charge is 1.95. The van der Waals surface area contributed by atoms with Crippen LogP contribution in [-0.4, -0.2) is 20.6 Å². The van der Waals surface area contributed by atoms with Gasteiger partial charge in [0.05, 0.1) is 0 Å². The number of benzene rings is 1. The van der Waals surface area contributed by atoms with Crippen LogP contribution in [0.1, 0.15) is 0 Å². The Bertz CT molecular complexity index is 305. The van der Waals surface area contributed by atoms with Crippen LogP contribution in [0, 0.1) is 0 Å². The van der Waals surface area contributed by atoms with Crippen molar-refractivity contribution >= 4 is 38.6 Å². The Kier molecular flexibility index (Phi) is 4.92. The molecule has 6 heteroatoms. The molecule has 0 spiro atoms. The van der Waals surface area contributed by atoms with Crippen molar-refractivity contribution in [2.24, 2.45) is 0 Å². The molecule has 14 heavy (non-hydrogen) atoms. The summed E-state index contributed by atoms with van der Waals surface area (Å²) >= 11 is 1.30. The van der Waals surface area contributed by atoms with Gasteiger partial charge in [0.15, 0.2) is 0 Å². The lowest BCUT2D eigenvalue weighted by Crippen LogP contribution is -2.03. The van der Waals surface area contributed by atoms with Gasteiger partial charge in [-0.05, 0) is 24.3 Å². The summed E-state index contributed by atoms with van der Waals surface area (Å²) in [5, 5.41) is 4.04. The zero-order valence-corrected chi connectivity index (χ0v) is 9.77. The van der Waals surface area contributed by atoms with Gasteiger partial charge in [-0.2, -0.15) is 0 Å². The summed E-state index contributed by atoms with van der Waals surface area (Å²) in [7, 11) is 0. The third-order valence-electron chi connectivity index (χ3n) is 1.51. The second-order valence-electron chi connectivity index (χ2n) is 2.54. The maximum Gasteiger partial charge on any atom is 0.259 e. The van der Waals surface area contributed by atoms with Crippen LogP contribution in [-0.2, 0) is 11.3 Å². The third kappa shape index (κ3) is 4.08. The minimum atomic E-state index is -2.01. The lowest BCUT2D eigenvalue weighted by molar-refractivity contribution is 0.570. The van der Waals surface area contributed by atoms with Gasteiger partial charge in [-0.25, -0.2) is 4.21 Å². The summed E-state index contributed by atoms with van der Waals surface area (Å²) in [6.45, 7) is 0.846. The number of hydrogen-bond donors (Lipinski definition) is 3. The normalized spacial score (nSPS) is 12.1. The average molecular weight is 279 g/mol. The standard InChI is InChI=1S/C8H11BrN2O2S/c9-5-6-10-7-1-3-8(4-2-7)11-14(12)13/h1-4,10-11H,5-6H2,(H,12,13). The highest BCUT2D eigenvalue weighted by atomic mass is 79.9. The van der Waals surface area contributed by atoms with E-state index in [0.717, 1.165) is 17.6 Å². The summed E-state index contributed by atoms with van der Waals surface area (Å²) in [6.07, 6.45) is 0. The van der Waals surface area contributed by atoms with Crippen molar-refractivity contribution < 1.29 is 8.76 Å². The fraction of sp³-hybridized carbons (Fsp3) is 0.250. The van der Waals surface area contributed by atoms with Gasteiger partial charge in [0, 0.05) is 23.2 Å². The first kappa shape index (κ1) is 11.5. The molecule has 0 aliphatic rings. The van der Waals surface area contributed by atoms with Gasteiger partial charge in [-0.15, -0.1) is 0 Å². The number of nitrogens with one attached hydrogen (secondary N) is 2. The van der Waals surface area contributed by atoms with Gasteiger partial charge in [0.25, 0.3) is 11.3 Å². The SMILES string of the molecule is O=S(O)Nc1ccc(NCCBr)cc1. The monoisotopic (exact) mass is 278 g/mol. The Morgan fingerprint density at radius 3 is 2.36 bits per heavy atom. The molecule has 78 valence electrons. The van der Waals surface area contributed by atoms with Gasteiger partial charge in [0.2, 0.25) is 0 Å². The summed E-state index contributed by atoms with van der Waals surface area (Å²) in [5.41, 5.74) is 1.61. The molecule has 1 unspecified atom stereocenters. The molecule has 0 saturated heterocycles. The van der Waals surface area contributed by atoms with E-state index in [0.29, 0.717) is 5.69 Å². The topological polar surface area (TPSA) is 61.4 Å². The predicted molar refractivity (Wildman–Crippen MR) is 63.1 cm³/mol. The number of anilines is 2. The molecule has 1 aromatic carbocycles. The molecule has 1 rings (SSSR count). The Labute approximate surface area is 93.6 Å². The number of halogens is 1. The first-order chi connectivity index (χ1) is 6.72. The lowest BCUT2D eigenvalue weighted by Gasteiger charge is -2.05. The second-order valence-corrected chi connectivity index (χ2v) is 4.04. The molecule has 0 aromatic heterocycles. The molecule has 0 aliphatic heterocycles. The summed E-state index contributed by atoms with van der Waals surface area (Å²) < 4.78 is 21.3. The molecule has 3 N–H and O–H groups in total. The predicted octanol–water partition coefficient (Wildman–Crippen LogP) is 2.04. The van der Waals surface area contributed by atoms with Crippen LogP contribution in [0.5, 0.6) is 0 Å². The highest BCUT2D eigenvalue weighted by Crippen LogP contribution is 2.13. The zero-order valence-electron chi connectivity index (χ0n) is 7.37. The van der Waals surface area contributed by atoms with E-state index in [1.54, 1.807) is 12.1 Å². The van der Waals surface area contributed by atoms with Crippen LogP contribution in [0.25, 0.3) is 0 Å². The third-order valence-corrected chi connectivity index (χ3v) is 2.32. The van der Waals surface area contributed by atoms with E-state index in [9.17, 15) is 4.21 Å². The summed E-state index contributed by atoms with van der Waals surface area (Å²) in [6, 6.07) is 7.17. The van der Waals surface area contributed by atoms with Crippen molar-refractivity contribution in [3.63, 3.8) is 0 Å². The van der Waals surface area contributed by atoms with Gasteiger partial charge in [0.1, 0.15) is 0 Å². The minimum absolute atomic E-state index is 0.621. The maximum absolute atomic E-state index is 10.4. The van der Waals surface area contributed by atoms with Crippen molar-refractivity contribution in [3.05, 3.63) is 24.3 Å². The number of hydrogen-bond acceptors (Lipinski definition) is 2. The molecular formula is C8H11BrN2O2S. The van der Waals surface area contributed by atoms with Gasteiger partial charge in [-0.3, -0.25) is 9.27 Å². The molecule has 0 amide bonds. The summed E-state index contributed by atoms with van der Waals surface area (Å²) in [4.78, 5) is 0. The van der Waals surface area contributed by atoms with Gasteiger partial charge >= 0.3 is 0 Å². The molecule has 1 aromatic rings. The molecule has 0 heterocycles. The Morgan fingerprint density at radius 1 is 1.29 bits per heavy atom. The largest absolute Gasteiger partial charge is 0.384 e. The Hall–Kier alpha value is -0.590. The smallest absolute Gasteiger partial charge is 0.259 e. The van der Waals surface area contributed by atoms with E-state index < -0.39 is 11.3 Å². The molecule has 1 atom stereocenters. The number of rotatable bonds is 5. The van der Waals surface area contributed by atoms with Crippen molar-refractivity contribution in [3.8, 4) is 0 Å². The van der Waals surface area contributed by atoms with Crippen molar-refractivity contribution in [1.82, 2.24) is 0 Å². The lowest BCUT2D eigenvalue weighted by atomic mass is 10.3. The van der Waals surface area contributed by atoms with Crippen LogP contribution in [0.2, 0.25) is 0 Å². The Balaban J connectivity index is 2.54. The van der Waals surface area contributed by atoms with Gasteiger partial charge < -0.3 is 5.32 Å². The maximum atomic E-state index is 10.4. The van der Waals surface area contributed by atoms with Crippen molar-refractivity contribution in [2.45, 2.75) is 0 Å². The van der Waals surface area contributed by atoms with Crippen molar-refractivity contribution in [2.75, 3.05) is 21.9 Å². The fourth-order valence-electron chi connectivity index (χ4n) is 0.949. The quantitative estimate of drug-likeness (QED) is 0.571. The van der Waals surface area contributed by atoms with Crippen LogP contribution in [0.4, 0.5) is 11.4 Å². The van der Waals surface area contributed by atoms with E-state index in [1.807, 2.05) is 12.1 Å².